The van der Waals surface area contributed by atoms with Gasteiger partial charge in [0, 0.05) is 32.6 Å². The highest BCUT2D eigenvalue weighted by molar-refractivity contribution is 7.89. The number of benzene rings is 3. The summed E-state index contributed by atoms with van der Waals surface area (Å²) in [5.41, 5.74) is 1.76. The Labute approximate surface area is 250 Å². The van der Waals surface area contributed by atoms with Gasteiger partial charge in [-0.1, -0.05) is 41.6 Å². The van der Waals surface area contributed by atoms with Crippen LogP contribution in [0.1, 0.15) is 40.9 Å². The number of sulfonamides is 1. The van der Waals surface area contributed by atoms with Gasteiger partial charge in [-0.3, -0.25) is 5.01 Å². The first-order chi connectivity index (χ1) is 20.5. The highest BCUT2D eigenvalue weighted by Gasteiger charge is 2.55. The van der Waals surface area contributed by atoms with Crippen molar-refractivity contribution in [2.24, 2.45) is 16.3 Å². The van der Waals surface area contributed by atoms with Gasteiger partial charge in [-0.05, 0) is 61.2 Å². The summed E-state index contributed by atoms with van der Waals surface area (Å²) in [6.07, 6.45) is 2.16. The summed E-state index contributed by atoms with van der Waals surface area (Å²) in [6.45, 7) is 2.81. The van der Waals surface area contributed by atoms with Crippen molar-refractivity contribution in [2.75, 3.05) is 20.6 Å². The second-order valence-corrected chi connectivity index (χ2v) is 13.3. The molecule has 1 aromatic heterocycles. The average Bonchev–Trinajstić information content (AvgIpc) is 3.54. The van der Waals surface area contributed by atoms with E-state index < -0.39 is 21.5 Å². The quantitative estimate of drug-likeness (QED) is 0.259. The van der Waals surface area contributed by atoms with Gasteiger partial charge in [-0.15, -0.1) is 0 Å². The second kappa shape index (κ2) is 10.9. The Morgan fingerprint density at radius 3 is 2.53 bits per heavy atom. The second-order valence-electron chi connectivity index (χ2n) is 11.3. The predicted molar refractivity (Wildman–Crippen MR) is 159 cm³/mol. The van der Waals surface area contributed by atoms with E-state index in [0.717, 1.165) is 12.0 Å². The number of rotatable bonds is 10. The molecule has 1 fully saturated rings. The van der Waals surface area contributed by atoms with Gasteiger partial charge < -0.3 is 9.84 Å². The molecule has 0 saturated heterocycles. The van der Waals surface area contributed by atoms with E-state index in [2.05, 4.69) is 15.4 Å². The molecular weight excluding hydrogens is 568 g/mol. The van der Waals surface area contributed by atoms with Crippen LogP contribution in [0.3, 0.4) is 0 Å². The van der Waals surface area contributed by atoms with Gasteiger partial charge in [0.05, 0.1) is 29.0 Å². The first-order valence-electron chi connectivity index (χ1n) is 13.9. The van der Waals surface area contributed by atoms with E-state index in [1.807, 2.05) is 56.4 Å². The van der Waals surface area contributed by atoms with E-state index in [-0.39, 0.29) is 28.8 Å². The van der Waals surface area contributed by atoms with Gasteiger partial charge in [0.1, 0.15) is 22.6 Å². The van der Waals surface area contributed by atoms with Crippen molar-refractivity contribution < 1.29 is 23.1 Å². The minimum atomic E-state index is -3.85. The minimum Gasteiger partial charge on any atom is -0.478 e. The molecule has 0 spiro atoms. The zero-order chi connectivity index (χ0) is 30.4. The number of carboxylic acid groups (broad SMARTS) is 1. The molecule has 2 aliphatic rings. The molecule has 6 rings (SSSR count). The highest BCUT2D eigenvalue weighted by atomic mass is 32.2. The number of aromatic carboxylic acids is 1. The molecule has 222 valence electrons. The lowest BCUT2D eigenvalue weighted by Gasteiger charge is -2.20. The van der Waals surface area contributed by atoms with Crippen LogP contribution in [0.25, 0.3) is 5.69 Å². The van der Waals surface area contributed by atoms with Crippen molar-refractivity contribution in [3.8, 4) is 17.2 Å². The van der Waals surface area contributed by atoms with Gasteiger partial charge in [0.25, 0.3) is 0 Å². The minimum absolute atomic E-state index is 0.0406. The lowest BCUT2D eigenvalue weighted by molar-refractivity contribution is 0.0695. The van der Waals surface area contributed by atoms with Crippen molar-refractivity contribution in [2.45, 2.75) is 36.2 Å². The molecule has 1 aliphatic carbocycles. The maximum absolute atomic E-state index is 13.5. The lowest BCUT2D eigenvalue weighted by Crippen LogP contribution is -2.32. The molecule has 0 bridgehead atoms. The molecule has 11 nitrogen and oxygen atoms in total. The van der Waals surface area contributed by atoms with Crippen molar-refractivity contribution in [3.63, 3.8) is 0 Å². The molecule has 1 aliphatic heterocycles. The molecule has 4 aromatic rings. The van der Waals surface area contributed by atoms with Crippen molar-refractivity contribution in [1.82, 2.24) is 19.1 Å². The summed E-state index contributed by atoms with van der Waals surface area (Å²) in [4.78, 5) is 12.3. The number of hydrogen-bond acceptors (Lipinski definition) is 8. The molecule has 3 atom stereocenters. The molecule has 43 heavy (non-hydrogen) atoms. The van der Waals surface area contributed by atoms with Crippen LogP contribution < -0.4 is 4.74 Å². The fraction of sp³-hybridized carbons (Fsp3) is 0.290. The monoisotopic (exact) mass is 600 g/mol. The van der Waals surface area contributed by atoms with Crippen LogP contribution in [0.5, 0.6) is 11.5 Å². The summed E-state index contributed by atoms with van der Waals surface area (Å²) < 4.78 is 35.8. The molecule has 1 saturated carbocycles. The van der Waals surface area contributed by atoms with Crippen LogP contribution in [0.4, 0.5) is 0 Å². The van der Waals surface area contributed by atoms with E-state index in [1.165, 1.54) is 29.7 Å². The van der Waals surface area contributed by atoms with Crippen LogP contribution in [0.15, 0.2) is 100 Å². The number of aromatic nitrogens is 2. The lowest BCUT2D eigenvalue weighted by atomic mass is 9.94. The number of para-hydroxylation sites is 1. The smallest absolute Gasteiger partial charge is 0.339 e. The number of ether oxygens (including phenoxy) is 1. The van der Waals surface area contributed by atoms with Crippen molar-refractivity contribution >= 4 is 16.0 Å². The van der Waals surface area contributed by atoms with E-state index in [0.29, 0.717) is 29.4 Å². The Balaban J connectivity index is 1.23. The fourth-order valence-corrected chi connectivity index (χ4v) is 6.99. The van der Waals surface area contributed by atoms with Gasteiger partial charge in [0.2, 0.25) is 10.0 Å². The first-order valence-corrected chi connectivity index (χ1v) is 15.3. The largest absolute Gasteiger partial charge is 0.478 e. The zero-order valence-corrected chi connectivity index (χ0v) is 24.8. The number of likely N-dealkylation sites (N-methyl/N-ethyl adjacent to an activating group) is 1. The Hall–Kier alpha value is -4.55. The van der Waals surface area contributed by atoms with Crippen LogP contribution in [-0.2, 0) is 16.6 Å². The Kier molecular flexibility index (Phi) is 7.26. The van der Waals surface area contributed by atoms with Crippen molar-refractivity contribution in [1.29, 1.82) is 0 Å². The van der Waals surface area contributed by atoms with E-state index in [9.17, 15) is 18.3 Å². The van der Waals surface area contributed by atoms with Crippen LogP contribution >= 0.6 is 0 Å². The summed E-state index contributed by atoms with van der Waals surface area (Å²) in [6, 6.07) is 22.9. The third-order valence-electron chi connectivity index (χ3n) is 8.01. The SMILES string of the molecule is CN1CC(C)([C@@H]2C[C@H]2c2c(C(=O)O)cnn2-c2cccc(CN(C)S(=O)(=O)c3cccc(Oc4ccccc4)c3)c2)N=N1. The van der Waals surface area contributed by atoms with E-state index in [4.69, 9.17) is 4.74 Å². The number of carbonyl (C=O) groups is 1. The van der Waals surface area contributed by atoms with Gasteiger partial charge in [-0.25, -0.2) is 17.9 Å². The molecule has 1 N–H and O–H groups in total. The standard InChI is InChI=1S/C31H32N6O5S/c1-31(20-35(2)34-33-31)28-17-26(28)29-27(30(38)39)18-32-37(29)22-10-7-9-21(15-22)19-36(3)43(40,41)25-14-8-13-24(16-25)42-23-11-5-4-6-12-23/h4-16,18,26,28H,17,19-20H2,1-3H3,(H,38,39)/t26-,28-,31?/m1/s1. The maximum Gasteiger partial charge on any atom is 0.339 e. The van der Waals surface area contributed by atoms with Gasteiger partial charge in [-0.2, -0.15) is 14.5 Å². The number of hydrogen-bond donors (Lipinski definition) is 1. The molecule has 0 radical (unpaired) electrons. The van der Waals surface area contributed by atoms with Gasteiger partial charge >= 0.3 is 5.97 Å². The number of nitrogens with zero attached hydrogens (tertiary/aromatic N) is 6. The molecular formula is C31H32N6O5S. The molecule has 0 amide bonds. The van der Waals surface area contributed by atoms with Crippen molar-refractivity contribution in [3.05, 3.63) is 102 Å². The molecule has 12 heteroatoms. The summed E-state index contributed by atoms with van der Waals surface area (Å²) in [5, 5.41) is 24.8. The maximum atomic E-state index is 13.5. The normalized spacial score (nSPS) is 21.3. The summed E-state index contributed by atoms with van der Waals surface area (Å²) in [5.74, 6) is 0.0820. The van der Waals surface area contributed by atoms with Crippen LogP contribution in [0.2, 0.25) is 0 Å². The summed E-state index contributed by atoms with van der Waals surface area (Å²) in [7, 11) is -0.449. The third kappa shape index (κ3) is 5.63. The van der Waals surface area contributed by atoms with E-state index in [1.54, 1.807) is 34.0 Å². The van der Waals surface area contributed by atoms with E-state index >= 15 is 0 Å². The zero-order valence-electron chi connectivity index (χ0n) is 24.0. The molecule has 3 aromatic carbocycles. The van der Waals surface area contributed by atoms with Gasteiger partial charge in [0.15, 0.2) is 0 Å². The topological polar surface area (TPSA) is 130 Å². The number of carboxylic acids is 1. The van der Waals surface area contributed by atoms with Crippen LogP contribution in [-0.4, -0.2) is 64.8 Å². The van der Waals surface area contributed by atoms with Crippen LogP contribution in [0, 0.1) is 5.92 Å². The Morgan fingerprint density at radius 2 is 1.81 bits per heavy atom. The molecule has 2 heterocycles. The average molecular weight is 601 g/mol. The Morgan fingerprint density at radius 1 is 1.07 bits per heavy atom. The molecule has 1 unspecified atom stereocenters. The first kappa shape index (κ1) is 28.6. The predicted octanol–water partition coefficient (Wildman–Crippen LogP) is 5.36. The highest BCUT2D eigenvalue weighted by Crippen LogP contribution is 2.57. The fourth-order valence-electron chi connectivity index (χ4n) is 5.80. The Bertz CT molecular complexity index is 1810. The third-order valence-corrected chi connectivity index (χ3v) is 9.80. The summed E-state index contributed by atoms with van der Waals surface area (Å²) >= 11 is 0.